The molecule has 39 heavy (non-hydrogen) atoms. The third kappa shape index (κ3) is 4.59. The largest absolute Gasteiger partial charge is 0.480 e. The Kier molecular flexibility index (Phi) is 6.34. The van der Waals surface area contributed by atoms with Gasteiger partial charge in [0.2, 0.25) is 11.8 Å². The second-order valence-electron chi connectivity index (χ2n) is 10.0. The number of imide groups is 1. The number of halogens is 3. The van der Waals surface area contributed by atoms with E-state index in [1.165, 1.54) is 6.07 Å². The van der Waals surface area contributed by atoms with E-state index >= 15 is 0 Å². The predicted octanol–water partition coefficient (Wildman–Crippen LogP) is 2.54. The van der Waals surface area contributed by atoms with Crippen LogP contribution in [-0.4, -0.2) is 65.3 Å². The standard InChI is InChI=1S/C26H24F3N3O6S/c1-39(37,38)10-9-32-22(33)19-20(23(32)34)25(24(35)36,12-15-13-30-18-8-3-2-7-17(15)18)31-21(19)14-5-4-6-16(11-14)26(27,28)29/h2-8,11,13,19-21,30-31H,9-10,12H2,1H3,(H,35,36). The van der Waals surface area contributed by atoms with Crippen molar-refractivity contribution in [2.45, 2.75) is 24.2 Å². The number of amides is 2. The van der Waals surface area contributed by atoms with E-state index in [4.69, 9.17) is 0 Å². The maximum Gasteiger partial charge on any atom is 0.416 e. The molecule has 0 aliphatic carbocycles. The Hall–Kier alpha value is -3.71. The monoisotopic (exact) mass is 563 g/mol. The first-order chi connectivity index (χ1) is 18.2. The maximum absolute atomic E-state index is 13.6. The van der Waals surface area contributed by atoms with Gasteiger partial charge in [-0.2, -0.15) is 13.2 Å². The van der Waals surface area contributed by atoms with E-state index in [1.807, 2.05) is 0 Å². The summed E-state index contributed by atoms with van der Waals surface area (Å²) >= 11 is 0. The molecule has 3 aromatic rings. The molecule has 5 rings (SSSR count). The lowest BCUT2D eigenvalue weighted by Gasteiger charge is -2.31. The van der Waals surface area contributed by atoms with Gasteiger partial charge in [0.25, 0.3) is 0 Å². The Morgan fingerprint density at radius 1 is 1.10 bits per heavy atom. The molecule has 0 spiro atoms. The Bertz CT molecular complexity index is 1600. The molecule has 2 amide bonds. The van der Waals surface area contributed by atoms with Crippen LogP contribution in [0.4, 0.5) is 13.2 Å². The van der Waals surface area contributed by atoms with E-state index in [-0.39, 0.29) is 12.0 Å². The summed E-state index contributed by atoms with van der Waals surface area (Å²) < 4.78 is 64.1. The molecule has 3 heterocycles. The van der Waals surface area contributed by atoms with Crippen LogP contribution < -0.4 is 5.32 Å². The lowest BCUT2D eigenvalue weighted by Crippen LogP contribution is -2.57. The summed E-state index contributed by atoms with van der Waals surface area (Å²) in [5, 5.41) is 14.1. The van der Waals surface area contributed by atoms with Crippen molar-refractivity contribution < 1.29 is 41.1 Å². The van der Waals surface area contributed by atoms with Gasteiger partial charge in [0.15, 0.2) is 0 Å². The summed E-state index contributed by atoms with van der Waals surface area (Å²) in [6, 6.07) is 9.98. The molecule has 9 nitrogen and oxygen atoms in total. The number of rotatable bonds is 7. The van der Waals surface area contributed by atoms with E-state index in [9.17, 15) is 41.1 Å². The Labute approximate surface area is 220 Å². The molecule has 2 saturated heterocycles. The summed E-state index contributed by atoms with van der Waals surface area (Å²) in [6.07, 6.45) is -2.43. The van der Waals surface area contributed by atoms with Crippen LogP contribution in [0.2, 0.25) is 0 Å². The highest BCUT2D eigenvalue weighted by molar-refractivity contribution is 7.90. The fraction of sp³-hybridized carbons (Fsp3) is 0.346. The van der Waals surface area contributed by atoms with Gasteiger partial charge < -0.3 is 10.1 Å². The number of carboxylic acid groups (broad SMARTS) is 1. The minimum atomic E-state index is -4.70. The van der Waals surface area contributed by atoms with Crippen molar-refractivity contribution in [2.75, 3.05) is 18.6 Å². The van der Waals surface area contributed by atoms with Crippen LogP contribution in [0.15, 0.2) is 54.7 Å². The van der Waals surface area contributed by atoms with Crippen molar-refractivity contribution in [3.8, 4) is 0 Å². The van der Waals surface area contributed by atoms with Crippen LogP contribution in [-0.2, 0) is 36.8 Å². The summed E-state index contributed by atoms with van der Waals surface area (Å²) in [4.78, 5) is 43.9. The number of aliphatic carboxylic acids is 1. The average Bonchev–Trinajstić information content (AvgIpc) is 3.50. The minimum absolute atomic E-state index is 0.00649. The summed E-state index contributed by atoms with van der Waals surface area (Å²) in [5.74, 6) is -6.54. The van der Waals surface area contributed by atoms with Crippen molar-refractivity contribution in [3.05, 3.63) is 71.4 Å². The molecule has 206 valence electrons. The topological polar surface area (TPSA) is 137 Å². The number of hydrogen-bond acceptors (Lipinski definition) is 6. The van der Waals surface area contributed by atoms with Crippen LogP contribution >= 0.6 is 0 Å². The van der Waals surface area contributed by atoms with Gasteiger partial charge in [-0.05, 0) is 29.3 Å². The number of fused-ring (bicyclic) bond motifs is 2. The smallest absolute Gasteiger partial charge is 0.416 e. The van der Waals surface area contributed by atoms with Crippen LogP contribution in [0.5, 0.6) is 0 Å². The lowest BCUT2D eigenvalue weighted by atomic mass is 9.76. The van der Waals surface area contributed by atoms with Crippen LogP contribution in [0.1, 0.15) is 22.7 Å². The quantitative estimate of drug-likeness (QED) is 0.376. The number of nitrogens with zero attached hydrogens (tertiary/aromatic N) is 1. The van der Waals surface area contributed by atoms with Crippen molar-refractivity contribution in [3.63, 3.8) is 0 Å². The highest BCUT2D eigenvalue weighted by Gasteiger charge is 2.68. The number of benzene rings is 2. The van der Waals surface area contributed by atoms with Crippen molar-refractivity contribution in [1.82, 2.24) is 15.2 Å². The lowest BCUT2D eigenvalue weighted by molar-refractivity contribution is -0.151. The molecule has 13 heteroatoms. The molecule has 2 aliphatic rings. The number of carboxylic acids is 1. The van der Waals surface area contributed by atoms with Crippen molar-refractivity contribution >= 4 is 38.5 Å². The number of carbonyl (C=O) groups is 3. The highest BCUT2D eigenvalue weighted by atomic mass is 32.2. The van der Waals surface area contributed by atoms with Crippen molar-refractivity contribution in [2.24, 2.45) is 11.8 Å². The van der Waals surface area contributed by atoms with Crippen molar-refractivity contribution in [1.29, 1.82) is 0 Å². The molecule has 4 unspecified atom stereocenters. The fourth-order valence-electron chi connectivity index (χ4n) is 5.75. The second-order valence-corrected chi connectivity index (χ2v) is 12.3. The number of H-pyrrole nitrogens is 1. The van der Waals surface area contributed by atoms with Gasteiger partial charge in [-0.3, -0.25) is 24.6 Å². The van der Waals surface area contributed by atoms with Crippen LogP contribution in [0, 0.1) is 11.8 Å². The fourth-order valence-corrected chi connectivity index (χ4v) is 6.26. The maximum atomic E-state index is 13.6. The van der Waals surface area contributed by atoms with E-state index in [2.05, 4.69) is 10.3 Å². The number of aromatic amines is 1. The second kappa shape index (κ2) is 9.19. The molecular formula is C26H24F3N3O6S. The van der Waals surface area contributed by atoms with Gasteiger partial charge in [0, 0.05) is 42.4 Å². The molecule has 3 N–H and O–H groups in total. The highest BCUT2D eigenvalue weighted by Crippen LogP contribution is 2.50. The Morgan fingerprint density at radius 3 is 2.49 bits per heavy atom. The van der Waals surface area contributed by atoms with E-state index in [1.54, 1.807) is 30.5 Å². The van der Waals surface area contributed by atoms with Gasteiger partial charge in [-0.25, -0.2) is 8.42 Å². The zero-order chi connectivity index (χ0) is 28.3. The molecule has 0 radical (unpaired) electrons. The van der Waals surface area contributed by atoms with E-state index in [0.29, 0.717) is 16.5 Å². The van der Waals surface area contributed by atoms with Gasteiger partial charge >= 0.3 is 12.1 Å². The first kappa shape index (κ1) is 26.9. The molecule has 2 aliphatic heterocycles. The van der Waals surface area contributed by atoms with E-state index in [0.717, 1.165) is 29.4 Å². The third-order valence-corrected chi connectivity index (χ3v) is 8.45. The van der Waals surface area contributed by atoms with Gasteiger partial charge in [0.05, 0.1) is 23.2 Å². The third-order valence-electron chi connectivity index (χ3n) is 7.53. The zero-order valence-electron chi connectivity index (χ0n) is 20.5. The molecule has 2 fully saturated rings. The number of para-hydroxylation sites is 1. The SMILES string of the molecule is CS(=O)(=O)CCN1C(=O)C2C(c3cccc(C(F)(F)F)c3)NC(Cc3c[nH]c4ccccc34)(C(=O)O)C2C1=O. The first-order valence-electron chi connectivity index (χ1n) is 12.0. The molecule has 0 bridgehead atoms. The number of carbonyl (C=O) groups excluding carboxylic acids is 2. The number of aromatic nitrogens is 1. The number of sulfone groups is 1. The Morgan fingerprint density at radius 2 is 1.82 bits per heavy atom. The number of likely N-dealkylation sites (tertiary alicyclic amines) is 1. The van der Waals surface area contributed by atoms with Crippen LogP contribution in [0.25, 0.3) is 10.9 Å². The molecule has 1 aromatic heterocycles. The van der Waals surface area contributed by atoms with Gasteiger partial charge in [-0.1, -0.05) is 30.3 Å². The van der Waals surface area contributed by atoms with Gasteiger partial charge in [-0.15, -0.1) is 0 Å². The number of alkyl halides is 3. The summed E-state index contributed by atoms with van der Waals surface area (Å²) in [6.45, 7) is -0.485. The summed E-state index contributed by atoms with van der Waals surface area (Å²) in [7, 11) is -3.59. The number of hydrogen-bond donors (Lipinski definition) is 3. The first-order valence-corrected chi connectivity index (χ1v) is 14.1. The molecule has 2 aromatic carbocycles. The van der Waals surface area contributed by atoms with Gasteiger partial charge in [0.1, 0.15) is 15.4 Å². The van der Waals surface area contributed by atoms with Crippen LogP contribution in [0.3, 0.4) is 0 Å². The average molecular weight is 564 g/mol. The molecule has 4 atom stereocenters. The minimum Gasteiger partial charge on any atom is -0.480 e. The zero-order valence-corrected chi connectivity index (χ0v) is 21.3. The summed E-state index contributed by atoms with van der Waals surface area (Å²) in [5.41, 5.74) is -1.83. The van der Waals surface area contributed by atoms with E-state index < -0.39 is 75.1 Å². The number of nitrogens with one attached hydrogen (secondary N) is 2. The predicted molar refractivity (Wildman–Crippen MR) is 133 cm³/mol. The molecular weight excluding hydrogens is 539 g/mol. The normalized spacial score (nSPS) is 25.4. The Balaban J connectivity index is 1.64. The molecule has 0 saturated carbocycles.